The van der Waals surface area contributed by atoms with E-state index >= 15 is 0 Å². The van der Waals surface area contributed by atoms with Crippen molar-refractivity contribution in [1.29, 1.82) is 0 Å². The molecule has 0 unspecified atom stereocenters. The summed E-state index contributed by atoms with van der Waals surface area (Å²) in [4.78, 5) is 0. The van der Waals surface area contributed by atoms with E-state index in [-0.39, 0.29) is 5.82 Å². The van der Waals surface area contributed by atoms with Crippen LogP contribution in [0.3, 0.4) is 0 Å². The van der Waals surface area contributed by atoms with Crippen molar-refractivity contribution in [1.82, 2.24) is 0 Å². The van der Waals surface area contributed by atoms with Crippen molar-refractivity contribution in [3.63, 3.8) is 0 Å². The Balaban J connectivity index is 1.43. The van der Waals surface area contributed by atoms with Gasteiger partial charge in [-0.3, -0.25) is 0 Å². The largest absolute Gasteiger partial charge is 0.206 e. The molecule has 0 heterocycles. The smallest absolute Gasteiger partial charge is 0.139 e. The van der Waals surface area contributed by atoms with Gasteiger partial charge in [0.05, 0.1) is 5.56 Å². The molecule has 0 bridgehead atoms. The predicted octanol–water partition coefficient (Wildman–Crippen LogP) is 7.61. The van der Waals surface area contributed by atoms with Crippen LogP contribution in [-0.2, 0) is 6.42 Å². The summed E-state index contributed by atoms with van der Waals surface area (Å²) in [5.74, 6) is 13.9. The highest BCUT2D eigenvalue weighted by Gasteiger charge is 2.18. The summed E-state index contributed by atoms with van der Waals surface area (Å²) in [6, 6.07) is 19.7. The van der Waals surface area contributed by atoms with Crippen LogP contribution in [0.25, 0.3) is 0 Å². The minimum absolute atomic E-state index is 0.221. The zero-order valence-electron chi connectivity index (χ0n) is 19.8. The molecule has 1 aliphatic carbocycles. The van der Waals surface area contributed by atoms with Crippen LogP contribution < -0.4 is 0 Å². The molecule has 0 nitrogen and oxygen atoms in total. The van der Waals surface area contributed by atoms with Crippen molar-refractivity contribution in [2.75, 3.05) is 0 Å². The second-order valence-corrected chi connectivity index (χ2v) is 9.54. The zero-order chi connectivity index (χ0) is 23.2. The zero-order valence-corrected chi connectivity index (χ0v) is 19.8. The molecule has 0 amide bonds. The quantitative estimate of drug-likeness (QED) is 0.364. The minimum atomic E-state index is -0.221. The summed E-state index contributed by atoms with van der Waals surface area (Å²) in [6.45, 7) is 6.43. The lowest BCUT2D eigenvalue weighted by Crippen LogP contribution is -2.14. The highest BCUT2D eigenvalue weighted by Crippen LogP contribution is 2.30. The van der Waals surface area contributed by atoms with E-state index in [1.807, 2.05) is 49.4 Å². The van der Waals surface area contributed by atoms with E-state index in [2.05, 4.69) is 49.7 Å². The molecule has 0 saturated heterocycles. The van der Waals surface area contributed by atoms with Crippen LogP contribution in [0.15, 0.2) is 60.7 Å². The number of aryl methyl sites for hydroxylation is 2. The van der Waals surface area contributed by atoms with Crippen LogP contribution in [0.1, 0.15) is 71.6 Å². The highest BCUT2D eigenvalue weighted by molar-refractivity contribution is 5.51. The summed E-state index contributed by atoms with van der Waals surface area (Å²) in [6.07, 6.45) is 6.09. The molecule has 0 spiro atoms. The van der Waals surface area contributed by atoms with Crippen LogP contribution in [-0.4, -0.2) is 0 Å². The molecule has 166 valence electrons. The van der Waals surface area contributed by atoms with E-state index in [4.69, 9.17) is 0 Å². The van der Waals surface area contributed by atoms with Gasteiger partial charge in [-0.15, -0.1) is 0 Å². The maximum absolute atomic E-state index is 14.7. The van der Waals surface area contributed by atoms with Gasteiger partial charge in [0, 0.05) is 16.7 Å². The first kappa shape index (κ1) is 22.9. The van der Waals surface area contributed by atoms with Gasteiger partial charge < -0.3 is 0 Å². The van der Waals surface area contributed by atoms with Crippen molar-refractivity contribution < 1.29 is 4.39 Å². The second kappa shape index (κ2) is 10.6. The molecule has 0 radical (unpaired) electrons. The summed E-state index contributed by atoms with van der Waals surface area (Å²) in [5, 5.41) is 0. The van der Waals surface area contributed by atoms with Crippen LogP contribution >= 0.6 is 0 Å². The average Bonchev–Trinajstić information content (AvgIpc) is 2.80. The van der Waals surface area contributed by atoms with Gasteiger partial charge in [-0.25, -0.2) is 4.39 Å². The average molecular weight is 435 g/mol. The van der Waals surface area contributed by atoms with Crippen molar-refractivity contribution >= 4 is 0 Å². The minimum Gasteiger partial charge on any atom is -0.206 e. The van der Waals surface area contributed by atoms with Crippen LogP contribution in [0, 0.1) is 55.2 Å². The Morgan fingerprint density at radius 1 is 0.727 bits per heavy atom. The van der Waals surface area contributed by atoms with Crippen molar-refractivity contribution in [2.45, 2.75) is 52.9 Å². The molecular formula is C32H31F. The number of hydrogen-bond donors (Lipinski definition) is 0. The summed E-state index contributed by atoms with van der Waals surface area (Å²) in [7, 11) is 0. The van der Waals surface area contributed by atoms with E-state index in [0.717, 1.165) is 40.2 Å². The number of rotatable bonds is 2. The van der Waals surface area contributed by atoms with Gasteiger partial charge in [0.15, 0.2) is 0 Å². The molecule has 0 N–H and O–H groups in total. The maximum atomic E-state index is 14.7. The Morgan fingerprint density at radius 2 is 1.36 bits per heavy atom. The molecular weight excluding hydrogens is 403 g/mol. The molecule has 0 atom stereocenters. The van der Waals surface area contributed by atoms with Crippen molar-refractivity contribution in [2.24, 2.45) is 11.8 Å². The summed E-state index contributed by atoms with van der Waals surface area (Å²) >= 11 is 0. The van der Waals surface area contributed by atoms with Gasteiger partial charge in [0.25, 0.3) is 0 Å². The lowest BCUT2D eigenvalue weighted by Gasteiger charge is -2.26. The van der Waals surface area contributed by atoms with E-state index in [9.17, 15) is 4.39 Å². The normalized spacial score (nSPS) is 17.5. The molecule has 1 saturated carbocycles. The molecule has 33 heavy (non-hydrogen) atoms. The van der Waals surface area contributed by atoms with Crippen LogP contribution in [0.4, 0.5) is 4.39 Å². The molecule has 3 aromatic rings. The molecule has 4 rings (SSSR count). The van der Waals surface area contributed by atoms with Gasteiger partial charge in [0.1, 0.15) is 5.82 Å². The SMILES string of the molecule is Cc1ccc(C#Cc2ccc(C#Cc3ccc(CC4CCC(C)CC4)cc3F)cc2C)cc1. The van der Waals surface area contributed by atoms with Crippen LogP contribution in [0.2, 0.25) is 0 Å². The van der Waals surface area contributed by atoms with Gasteiger partial charge in [-0.05, 0) is 98.5 Å². The first-order valence-corrected chi connectivity index (χ1v) is 12.0. The first-order valence-electron chi connectivity index (χ1n) is 12.0. The third-order valence-corrected chi connectivity index (χ3v) is 6.65. The fourth-order valence-corrected chi connectivity index (χ4v) is 4.45. The van der Waals surface area contributed by atoms with Gasteiger partial charge in [-0.1, -0.05) is 67.2 Å². The predicted molar refractivity (Wildman–Crippen MR) is 136 cm³/mol. The Labute approximate surface area is 198 Å². The Kier molecular flexibility index (Phi) is 7.32. The molecule has 1 aliphatic rings. The fraction of sp³-hybridized carbons (Fsp3) is 0.312. The number of hydrogen-bond acceptors (Lipinski definition) is 0. The van der Waals surface area contributed by atoms with E-state index in [0.29, 0.717) is 11.5 Å². The van der Waals surface area contributed by atoms with Crippen LogP contribution in [0.5, 0.6) is 0 Å². The molecule has 0 aromatic heterocycles. The Morgan fingerprint density at radius 3 is 2.06 bits per heavy atom. The summed E-state index contributed by atoms with van der Waals surface area (Å²) < 4.78 is 14.7. The van der Waals surface area contributed by atoms with E-state index < -0.39 is 0 Å². The second-order valence-electron chi connectivity index (χ2n) is 9.54. The molecule has 1 heteroatoms. The number of halogens is 1. The van der Waals surface area contributed by atoms with E-state index in [1.165, 1.54) is 31.2 Å². The third kappa shape index (κ3) is 6.37. The summed E-state index contributed by atoms with van der Waals surface area (Å²) in [5.41, 5.74) is 6.69. The first-order chi connectivity index (χ1) is 16.0. The maximum Gasteiger partial charge on any atom is 0.139 e. The Hall–Kier alpha value is -3.29. The lowest BCUT2D eigenvalue weighted by molar-refractivity contribution is 0.289. The Bertz CT molecular complexity index is 1230. The van der Waals surface area contributed by atoms with Gasteiger partial charge >= 0.3 is 0 Å². The standard InChI is InChI=1S/C32H31F/c1-23-4-8-26(9-5-23)12-16-30-17-13-27(20-25(30)3)14-18-31-19-15-29(22-32(31)33)21-28-10-6-24(2)7-11-28/h4-5,8-9,13,15,17,19-20,22,24,28H,6-7,10-11,21H2,1-3H3. The topological polar surface area (TPSA) is 0 Å². The molecule has 0 aliphatic heterocycles. The highest BCUT2D eigenvalue weighted by atomic mass is 19.1. The fourth-order valence-electron chi connectivity index (χ4n) is 4.45. The lowest BCUT2D eigenvalue weighted by atomic mass is 9.80. The molecule has 3 aromatic carbocycles. The number of benzene rings is 3. The molecule has 1 fully saturated rings. The van der Waals surface area contributed by atoms with E-state index in [1.54, 1.807) is 6.07 Å². The van der Waals surface area contributed by atoms with Gasteiger partial charge in [-0.2, -0.15) is 0 Å². The van der Waals surface area contributed by atoms with Crippen molar-refractivity contribution in [3.05, 3.63) is 105 Å². The monoisotopic (exact) mass is 434 g/mol. The van der Waals surface area contributed by atoms with Crippen molar-refractivity contribution in [3.8, 4) is 23.7 Å². The third-order valence-electron chi connectivity index (χ3n) is 6.65. The van der Waals surface area contributed by atoms with Gasteiger partial charge in [0.2, 0.25) is 0 Å².